The molecule has 1 amide bonds. The average molecular weight is 384 g/mol. The summed E-state index contributed by atoms with van der Waals surface area (Å²) in [5, 5.41) is 7.75. The van der Waals surface area contributed by atoms with Gasteiger partial charge in [-0.05, 0) is 50.3 Å². The predicted octanol–water partition coefficient (Wildman–Crippen LogP) is 2.64. The van der Waals surface area contributed by atoms with Gasteiger partial charge in [0.05, 0.1) is 12.3 Å². The first kappa shape index (κ1) is 18.5. The van der Waals surface area contributed by atoms with E-state index in [1.165, 1.54) is 0 Å². The number of hydrogen-bond donors (Lipinski definition) is 1. The molecule has 148 valence electrons. The monoisotopic (exact) mass is 384 g/mol. The molecular weight excluding hydrogens is 360 g/mol. The predicted molar refractivity (Wildman–Crippen MR) is 105 cm³/mol. The van der Waals surface area contributed by atoms with Crippen LogP contribution in [0.3, 0.4) is 0 Å². The summed E-state index contributed by atoms with van der Waals surface area (Å²) in [6, 6.07) is 3.75. The van der Waals surface area contributed by atoms with Gasteiger partial charge in [0.2, 0.25) is 0 Å². The zero-order valence-corrected chi connectivity index (χ0v) is 16.2. The van der Waals surface area contributed by atoms with E-state index in [4.69, 9.17) is 14.0 Å². The maximum atomic E-state index is 12.2. The molecule has 28 heavy (non-hydrogen) atoms. The fourth-order valence-electron chi connectivity index (χ4n) is 3.85. The number of nitrogens with one attached hydrogen (secondary N) is 1. The SMILES string of the molecule is CCC1=NOC(CNC(=O)COc2ccc3c4c(c(=O)oc3c2C)CCC4)C1. The number of carbonyl (C=O) groups is 1. The Hall–Kier alpha value is -2.83. The zero-order chi connectivity index (χ0) is 19.7. The van der Waals surface area contributed by atoms with Crippen LogP contribution in [0, 0.1) is 6.92 Å². The van der Waals surface area contributed by atoms with Gasteiger partial charge in [0.1, 0.15) is 17.4 Å². The van der Waals surface area contributed by atoms with E-state index < -0.39 is 0 Å². The number of rotatable bonds is 6. The average Bonchev–Trinajstić information content (AvgIpc) is 3.36. The molecule has 1 unspecified atom stereocenters. The van der Waals surface area contributed by atoms with Gasteiger partial charge in [-0.2, -0.15) is 0 Å². The molecule has 1 aliphatic carbocycles. The summed E-state index contributed by atoms with van der Waals surface area (Å²) >= 11 is 0. The molecular formula is C21H24N2O5. The number of carbonyl (C=O) groups excluding carboxylic acids is 1. The summed E-state index contributed by atoms with van der Waals surface area (Å²) in [4.78, 5) is 29.6. The molecule has 1 aromatic carbocycles. The first-order chi connectivity index (χ1) is 13.6. The van der Waals surface area contributed by atoms with Crippen LogP contribution in [0.4, 0.5) is 0 Å². The maximum Gasteiger partial charge on any atom is 0.339 e. The zero-order valence-electron chi connectivity index (χ0n) is 16.2. The smallest absolute Gasteiger partial charge is 0.339 e. The van der Waals surface area contributed by atoms with Gasteiger partial charge in [-0.1, -0.05) is 12.1 Å². The van der Waals surface area contributed by atoms with Crippen LogP contribution in [0.25, 0.3) is 11.0 Å². The maximum absolute atomic E-state index is 12.2. The minimum Gasteiger partial charge on any atom is -0.483 e. The Morgan fingerprint density at radius 1 is 1.32 bits per heavy atom. The molecule has 2 aromatic rings. The van der Waals surface area contributed by atoms with Gasteiger partial charge in [0, 0.05) is 22.9 Å². The number of oxime groups is 1. The third kappa shape index (κ3) is 3.48. The number of ether oxygens (including phenoxy) is 1. The number of amides is 1. The second-order valence-electron chi connectivity index (χ2n) is 7.30. The van der Waals surface area contributed by atoms with E-state index in [9.17, 15) is 9.59 Å². The molecule has 2 heterocycles. The molecule has 1 atom stereocenters. The van der Waals surface area contributed by atoms with Crippen LogP contribution in [-0.2, 0) is 22.5 Å². The Labute approximate surface area is 162 Å². The van der Waals surface area contributed by atoms with Gasteiger partial charge in [-0.25, -0.2) is 4.79 Å². The van der Waals surface area contributed by atoms with E-state index in [1.54, 1.807) is 0 Å². The van der Waals surface area contributed by atoms with Crippen LogP contribution in [0.2, 0.25) is 0 Å². The number of fused-ring (bicyclic) bond motifs is 3. The Morgan fingerprint density at radius 3 is 2.93 bits per heavy atom. The molecule has 7 heteroatoms. The molecule has 0 radical (unpaired) electrons. The lowest BCUT2D eigenvalue weighted by atomic mass is 10.0. The fourth-order valence-corrected chi connectivity index (χ4v) is 3.85. The van der Waals surface area contributed by atoms with Crippen LogP contribution in [0.5, 0.6) is 5.75 Å². The third-order valence-electron chi connectivity index (χ3n) is 5.43. The summed E-state index contributed by atoms with van der Waals surface area (Å²) < 4.78 is 11.2. The second kappa shape index (κ2) is 7.66. The van der Waals surface area contributed by atoms with Crippen molar-refractivity contribution in [2.24, 2.45) is 5.16 Å². The second-order valence-corrected chi connectivity index (χ2v) is 7.30. The van der Waals surface area contributed by atoms with Gasteiger partial charge < -0.3 is 19.3 Å². The van der Waals surface area contributed by atoms with Crippen molar-refractivity contribution in [2.45, 2.75) is 52.1 Å². The summed E-state index contributed by atoms with van der Waals surface area (Å²) in [6.45, 7) is 4.15. The number of hydrogen-bond acceptors (Lipinski definition) is 6. The standard InChI is InChI=1S/C21H24N2O5/c1-3-13-9-14(28-23-13)10-22-19(24)11-26-18-8-7-16-15-5-4-6-17(15)21(25)27-20(16)12(18)2/h7-8,14H,3-6,9-11H2,1-2H3,(H,22,24). The largest absolute Gasteiger partial charge is 0.483 e. The molecule has 0 fully saturated rings. The Kier molecular flexibility index (Phi) is 5.07. The number of nitrogens with zero attached hydrogens (tertiary/aromatic N) is 1. The van der Waals surface area contributed by atoms with E-state index >= 15 is 0 Å². The van der Waals surface area contributed by atoms with Crippen molar-refractivity contribution >= 4 is 22.6 Å². The highest BCUT2D eigenvalue weighted by Crippen LogP contribution is 2.32. The molecule has 0 bridgehead atoms. The molecule has 0 spiro atoms. The highest BCUT2D eigenvalue weighted by molar-refractivity contribution is 5.87. The molecule has 1 aromatic heterocycles. The van der Waals surface area contributed by atoms with Crippen LogP contribution >= 0.6 is 0 Å². The Morgan fingerprint density at radius 2 is 2.14 bits per heavy atom. The van der Waals surface area contributed by atoms with Crippen LogP contribution in [0.1, 0.15) is 42.9 Å². The summed E-state index contributed by atoms with van der Waals surface area (Å²) in [5.41, 5.74) is 3.91. The molecule has 0 saturated heterocycles. The topological polar surface area (TPSA) is 90.1 Å². The highest BCUT2D eigenvalue weighted by atomic mass is 16.6. The van der Waals surface area contributed by atoms with E-state index in [1.807, 2.05) is 26.0 Å². The molecule has 2 aliphatic rings. The molecule has 1 N–H and O–H groups in total. The van der Waals surface area contributed by atoms with Crippen molar-refractivity contribution in [2.75, 3.05) is 13.2 Å². The van der Waals surface area contributed by atoms with E-state index in [0.717, 1.165) is 59.9 Å². The minimum absolute atomic E-state index is 0.113. The van der Waals surface area contributed by atoms with Gasteiger partial charge in [-0.15, -0.1) is 0 Å². The lowest BCUT2D eigenvalue weighted by Gasteiger charge is -2.13. The van der Waals surface area contributed by atoms with Gasteiger partial charge >= 0.3 is 5.63 Å². The van der Waals surface area contributed by atoms with Crippen LogP contribution in [0.15, 0.2) is 26.5 Å². The minimum atomic E-state index is -0.261. The van der Waals surface area contributed by atoms with Crippen LogP contribution in [-0.4, -0.2) is 30.9 Å². The fraction of sp³-hybridized carbons (Fsp3) is 0.476. The molecule has 4 rings (SSSR count). The summed E-state index contributed by atoms with van der Waals surface area (Å²) in [5.74, 6) is 0.306. The van der Waals surface area contributed by atoms with Crippen molar-refractivity contribution in [1.82, 2.24) is 5.32 Å². The van der Waals surface area contributed by atoms with Gasteiger partial charge in [0.25, 0.3) is 5.91 Å². The quantitative estimate of drug-likeness (QED) is 0.774. The molecule has 0 saturated carbocycles. The van der Waals surface area contributed by atoms with Crippen molar-refractivity contribution in [3.63, 3.8) is 0 Å². The molecule has 1 aliphatic heterocycles. The van der Waals surface area contributed by atoms with Crippen LogP contribution < -0.4 is 15.7 Å². The number of aryl methyl sites for hydroxylation is 2. The van der Waals surface area contributed by atoms with Crippen molar-refractivity contribution < 1.29 is 18.8 Å². The van der Waals surface area contributed by atoms with Gasteiger partial charge in [0.15, 0.2) is 6.61 Å². The normalized spacial score (nSPS) is 17.9. The van der Waals surface area contributed by atoms with Gasteiger partial charge in [-0.3, -0.25) is 4.79 Å². The van der Waals surface area contributed by atoms with Crippen molar-refractivity contribution in [3.8, 4) is 5.75 Å². The Balaban J connectivity index is 1.40. The first-order valence-electron chi connectivity index (χ1n) is 9.76. The third-order valence-corrected chi connectivity index (χ3v) is 5.43. The lowest BCUT2D eigenvalue weighted by molar-refractivity contribution is -0.123. The molecule has 7 nitrogen and oxygen atoms in total. The van der Waals surface area contributed by atoms with E-state index in [-0.39, 0.29) is 24.2 Å². The lowest BCUT2D eigenvalue weighted by Crippen LogP contribution is -2.35. The number of benzene rings is 1. The van der Waals surface area contributed by atoms with Crippen molar-refractivity contribution in [3.05, 3.63) is 39.2 Å². The van der Waals surface area contributed by atoms with E-state index in [0.29, 0.717) is 17.9 Å². The highest BCUT2D eigenvalue weighted by Gasteiger charge is 2.22. The summed E-state index contributed by atoms with van der Waals surface area (Å²) in [7, 11) is 0. The summed E-state index contributed by atoms with van der Waals surface area (Å²) in [6.07, 6.45) is 4.13. The van der Waals surface area contributed by atoms with Crippen molar-refractivity contribution in [1.29, 1.82) is 0 Å². The van der Waals surface area contributed by atoms with E-state index in [2.05, 4.69) is 10.5 Å². The Bertz CT molecular complexity index is 1010. The first-order valence-corrected chi connectivity index (χ1v) is 9.76.